The first kappa shape index (κ1) is 16.1. The molecule has 1 atom stereocenters. The van der Waals surface area contributed by atoms with Crippen LogP contribution in [0.25, 0.3) is 0 Å². The van der Waals surface area contributed by atoms with Gasteiger partial charge in [-0.1, -0.05) is 17.7 Å². The number of ether oxygens (including phenoxy) is 1. The maximum absolute atomic E-state index is 12.2. The first-order valence-corrected chi connectivity index (χ1v) is 7.41. The highest BCUT2D eigenvalue weighted by Crippen LogP contribution is 2.26. The second kappa shape index (κ2) is 7.11. The molecule has 0 aromatic heterocycles. The van der Waals surface area contributed by atoms with E-state index in [1.54, 1.807) is 12.1 Å². The molecule has 5 nitrogen and oxygen atoms in total. The number of carboxylic acids is 1. The van der Waals surface area contributed by atoms with E-state index in [-0.39, 0.29) is 18.6 Å². The molecule has 0 fully saturated rings. The maximum atomic E-state index is 12.2. The molecule has 1 aromatic rings. The highest BCUT2D eigenvalue weighted by molar-refractivity contribution is 5.94. The quantitative estimate of drug-likeness (QED) is 0.847. The van der Waals surface area contributed by atoms with Crippen LogP contribution in [0.15, 0.2) is 35.4 Å². The lowest BCUT2D eigenvalue weighted by atomic mass is 10.1. The molecule has 1 aliphatic carbocycles. The van der Waals surface area contributed by atoms with Crippen molar-refractivity contribution >= 4 is 11.9 Å². The minimum Gasteiger partial charge on any atom is -0.482 e. The fourth-order valence-corrected chi connectivity index (χ4v) is 2.57. The van der Waals surface area contributed by atoms with Crippen LogP contribution in [0, 0.1) is 0 Å². The van der Waals surface area contributed by atoms with Crippen LogP contribution in [0.4, 0.5) is 0 Å². The molecule has 1 aromatic carbocycles. The van der Waals surface area contributed by atoms with Crippen LogP contribution in [0.1, 0.15) is 44.7 Å². The summed E-state index contributed by atoms with van der Waals surface area (Å²) in [5.41, 5.74) is 3.04. The Balaban J connectivity index is 1.95. The Kier molecular flexibility index (Phi) is 5.20. The van der Waals surface area contributed by atoms with Crippen LogP contribution >= 0.6 is 0 Å². The van der Waals surface area contributed by atoms with Gasteiger partial charge in [0.25, 0.3) is 0 Å². The SMILES string of the molecule is CC1=C(C(=O)NC(C)c2ccc(OCC(=O)O)cc2)CCC1. The van der Waals surface area contributed by atoms with E-state index in [0.29, 0.717) is 5.75 Å². The van der Waals surface area contributed by atoms with Crippen molar-refractivity contribution in [2.75, 3.05) is 6.61 Å². The molecule has 0 spiro atoms. The van der Waals surface area contributed by atoms with Crippen molar-refractivity contribution in [2.24, 2.45) is 0 Å². The minimum atomic E-state index is -1.01. The fraction of sp³-hybridized carbons (Fsp3) is 0.412. The summed E-state index contributed by atoms with van der Waals surface area (Å²) in [6, 6.07) is 6.97. The molecular formula is C17H21NO4. The molecule has 0 saturated heterocycles. The molecule has 22 heavy (non-hydrogen) atoms. The minimum absolute atomic E-state index is 0.00806. The first-order chi connectivity index (χ1) is 10.5. The number of allylic oxidation sites excluding steroid dienone is 1. The molecule has 118 valence electrons. The zero-order valence-corrected chi connectivity index (χ0v) is 12.9. The van der Waals surface area contributed by atoms with Gasteiger partial charge in [0.2, 0.25) is 5.91 Å². The van der Waals surface area contributed by atoms with E-state index in [0.717, 1.165) is 30.4 Å². The molecule has 1 aliphatic rings. The van der Waals surface area contributed by atoms with Crippen LogP contribution in [0.3, 0.4) is 0 Å². The molecule has 0 aliphatic heterocycles. The Morgan fingerprint density at radius 3 is 2.50 bits per heavy atom. The second-order valence-corrected chi connectivity index (χ2v) is 5.56. The number of aliphatic carboxylic acids is 1. The van der Waals surface area contributed by atoms with E-state index in [2.05, 4.69) is 5.32 Å². The zero-order chi connectivity index (χ0) is 16.1. The summed E-state index contributed by atoms with van der Waals surface area (Å²) in [6.07, 6.45) is 2.91. The number of hydrogen-bond donors (Lipinski definition) is 2. The summed E-state index contributed by atoms with van der Waals surface area (Å²) in [4.78, 5) is 22.7. The van der Waals surface area contributed by atoms with E-state index >= 15 is 0 Å². The average molecular weight is 303 g/mol. The molecular weight excluding hydrogens is 282 g/mol. The molecule has 1 unspecified atom stereocenters. The van der Waals surface area contributed by atoms with Gasteiger partial charge < -0.3 is 15.2 Å². The first-order valence-electron chi connectivity index (χ1n) is 7.41. The van der Waals surface area contributed by atoms with Gasteiger partial charge in [-0.3, -0.25) is 4.79 Å². The normalized spacial score (nSPS) is 15.5. The lowest BCUT2D eigenvalue weighted by molar-refractivity contribution is -0.139. The smallest absolute Gasteiger partial charge is 0.341 e. The van der Waals surface area contributed by atoms with Crippen LogP contribution in [-0.4, -0.2) is 23.6 Å². The third kappa shape index (κ3) is 4.10. The Hall–Kier alpha value is -2.30. The topological polar surface area (TPSA) is 75.6 Å². The van der Waals surface area contributed by atoms with E-state index in [1.165, 1.54) is 5.57 Å². The van der Waals surface area contributed by atoms with Gasteiger partial charge in [-0.25, -0.2) is 4.79 Å². The van der Waals surface area contributed by atoms with Gasteiger partial charge in [-0.05, 0) is 50.8 Å². The molecule has 0 bridgehead atoms. The summed E-state index contributed by atoms with van der Waals surface area (Å²) in [5.74, 6) is -0.502. The summed E-state index contributed by atoms with van der Waals surface area (Å²) < 4.78 is 5.08. The third-order valence-electron chi connectivity index (χ3n) is 3.86. The van der Waals surface area contributed by atoms with Crippen LogP contribution in [0.5, 0.6) is 5.75 Å². The van der Waals surface area contributed by atoms with E-state index in [4.69, 9.17) is 9.84 Å². The second-order valence-electron chi connectivity index (χ2n) is 5.56. The molecule has 0 heterocycles. The zero-order valence-electron chi connectivity index (χ0n) is 12.9. The summed E-state index contributed by atoms with van der Waals surface area (Å²) >= 11 is 0. The van der Waals surface area contributed by atoms with Crippen LogP contribution in [-0.2, 0) is 9.59 Å². The lowest BCUT2D eigenvalue weighted by Crippen LogP contribution is -2.27. The monoisotopic (exact) mass is 303 g/mol. The fourth-order valence-electron chi connectivity index (χ4n) is 2.57. The predicted octanol–water partition coefficient (Wildman–Crippen LogP) is 2.83. The van der Waals surface area contributed by atoms with Crippen molar-refractivity contribution in [3.8, 4) is 5.75 Å². The third-order valence-corrected chi connectivity index (χ3v) is 3.86. The number of amides is 1. The summed E-state index contributed by atoms with van der Waals surface area (Å²) in [7, 11) is 0. The van der Waals surface area contributed by atoms with Crippen LogP contribution in [0.2, 0.25) is 0 Å². The average Bonchev–Trinajstić information content (AvgIpc) is 2.91. The van der Waals surface area contributed by atoms with Crippen molar-refractivity contribution in [1.82, 2.24) is 5.32 Å². The predicted molar refractivity (Wildman–Crippen MR) is 82.7 cm³/mol. The number of rotatable bonds is 6. The molecule has 5 heteroatoms. The maximum Gasteiger partial charge on any atom is 0.341 e. The van der Waals surface area contributed by atoms with Gasteiger partial charge in [-0.2, -0.15) is 0 Å². The number of hydrogen-bond acceptors (Lipinski definition) is 3. The van der Waals surface area contributed by atoms with Gasteiger partial charge in [-0.15, -0.1) is 0 Å². The van der Waals surface area contributed by atoms with Gasteiger partial charge in [0, 0.05) is 5.57 Å². The van der Waals surface area contributed by atoms with Crippen molar-refractivity contribution in [3.63, 3.8) is 0 Å². The number of carboxylic acid groups (broad SMARTS) is 1. The molecule has 0 radical (unpaired) electrons. The van der Waals surface area contributed by atoms with Crippen molar-refractivity contribution < 1.29 is 19.4 Å². The Labute approximate surface area is 130 Å². The number of carbonyl (C=O) groups excluding carboxylic acids is 1. The van der Waals surface area contributed by atoms with Gasteiger partial charge in [0.1, 0.15) is 5.75 Å². The molecule has 2 rings (SSSR count). The summed E-state index contributed by atoms with van der Waals surface area (Å²) in [6.45, 7) is 3.58. The number of benzene rings is 1. The van der Waals surface area contributed by atoms with Gasteiger partial charge >= 0.3 is 5.97 Å². The van der Waals surface area contributed by atoms with Gasteiger partial charge in [0.05, 0.1) is 6.04 Å². The van der Waals surface area contributed by atoms with Crippen LogP contribution < -0.4 is 10.1 Å². The standard InChI is InChI=1S/C17H21NO4/c1-11-4-3-5-15(11)17(21)18-12(2)13-6-8-14(9-7-13)22-10-16(19)20/h6-9,12H,3-5,10H2,1-2H3,(H,18,21)(H,19,20). The largest absolute Gasteiger partial charge is 0.482 e. The Bertz CT molecular complexity index is 589. The van der Waals surface area contributed by atoms with Crippen molar-refractivity contribution in [1.29, 1.82) is 0 Å². The van der Waals surface area contributed by atoms with Crippen molar-refractivity contribution in [3.05, 3.63) is 41.0 Å². The Morgan fingerprint density at radius 2 is 1.95 bits per heavy atom. The molecule has 1 amide bonds. The highest BCUT2D eigenvalue weighted by atomic mass is 16.5. The summed E-state index contributed by atoms with van der Waals surface area (Å²) in [5, 5.41) is 11.6. The number of nitrogens with one attached hydrogen (secondary N) is 1. The molecule has 2 N–H and O–H groups in total. The van der Waals surface area contributed by atoms with Crippen molar-refractivity contribution in [2.45, 2.75) is 39.2 Å². The highest BCUT2D eigenvalue weighted by Gasteiger charge is 2.19. The lowest BCUT2D eigenvalue weighted by Gasteiger charge is -2.16. The molecule has 0 saturated carbocycles. The van der Waals surface area contributed by atoms with Gasteiger partial charge in [0.15, 0.2) is 6.61 Å². The van der Waals surface area contributed by atoms with E-state index in [1.807, 2.05) is 26.0 Å². The number of carbonyl (C=O) groups is 2. The Morgan fingerprint density at radius 1 is 1.27 bits per heavy atom. The van der Waals surface area contributed by atoms with E-state index < -0.39 is 5.97 Å². The van der Waals surface area contributed by atoms with E-state index in [9.17, 15) is 9.59 Å².